The number of hydrogen-bond donors (Lipinski definition) is 4. The highest BCUT2D eigenvalue weighted by Gasteiger charge is 2.22. The van der Waals surface area contributed by atoms with E-state index in [1.807, 2.05) is 109 Å². The third kappa shape index (κ3) is 14.7. The fraction of sp³-hybridized carbons (Fsp3) is 0.259. The number of ether oxygens (including phenoxy) is 4. The second-order valence-electron chi connectivity index (χ2n) is 16.4. The molecule has 67 heavy (non-hydrogen) atoms. The first kappa shape index (κ1) is 47.3. The van der Waals surface area contributed by atoms with Gasteiger partial charge >= 0.3 is 5.97 Å². The van der Waals surface area contributed by atoms with E-state index in [9.17, 15) is 24.3 Å². The van der Waals surface area contributed by atoms with Crippen LogP contribution in [-0.4, -0.2) is 72.1 Å². The van der Waals surface area contributed by atoms with Crippen LogP contribution in [0.25, 0.3) is 0 Å². The summed E-state index contributed by atoms with van der Waals surface area (Å²) in [5.41, 5.74) is 3.91. The van der Waals surface area contributed by atoms with Crippen LogP contribution in [0.4, 0.5) is 11.4 Å². The van der Waals surface area contributed by atoms with Crippen LogP contribution in [-0.2, 0) is 27.2 Å². The van der Waals surface area contributed by atoms with Gasteiger partial charge in [-0.15, -0.1) is 0 Å². The van der Waals surface area contributed by atoms with Crippen molar-refractivity contribution >= 4 is 35.1 Å². The van der Waals surface area contributed by atoms with Gasteiger partial charge in [0.1, 0.15) is 46.7 Å². The summed E-state index contributed by atoms with van der Waals surface area (Å²) < 4.78 is 23.9. The van der Waals surface area contributed by atoms with E-state index >= 15 is 0 Å². The molecule has 0 unspecified atom stereocenters. The highest BCUT2D eigenvalue weighted by atomic mass is 16.5. The molecule has 2 heterocycles. The minimum Gasteiger partial charge on any atom is -0.490 e. The van der Waals surface area contributed by atoms with E-state index in [0.717, 1.165) is 84.1 Å². The van der Waals surface area contributed by atoms with E-state index in [2.05, 4.69) is 16.0 Å². The highest BCUT2D eigenvalue weighted by molar-refractivity contribution is 6.01. The summed E-state index contributed by atoms with van der Waals surface area (Å²) in [6.45, 7) is 7.02. The van der Waals surface area contributed by atoms with Crippen LogP contribution in [0, 0.1) is 6.92 Å². The fourth-order valence-electron chi connectivity index (χ4n) is 7.63. The summed E-state index contributed by atoms with van der Waals surface area (Å²) in [5, 5.41) is 18.2. The third-order valence-electron chi connectivity index (χ3n) is 11.3. The molecule has 2 saturated heterocycles. The van der Waals surface area contributed by atoms with E-state index in [1.54, 1.807) is 49.4 Å². The molecular formula is C54H56N4O9. The van der Waals surface area contributed by atoms with E-state index in [-0.39, 0.29) is 47.6 Å². The Labute approximate surface area is 391 Å². The molecule has 346 valence electrons. The number of hydrogen-bond acceptors (Lipinski definition) is 9. The number of aryl methyl sites for hydroxylation is 1. The second-order valence-corrected chi connectivity index (χ2v) is 16.4. The number of aromatic carboxylic acids is 1. The standard InChI is InChI=1S/C28H28N2O6.C26H28N2O3/c1-19(31)30-16-14-24(15-17-30)36-23-12-10-22(11-13-23)35-21-8-6-20(7-9-21)18-27(32)29-26-5-3-2-4-25(26)28(33)34;1-19-4-2-3-5-25(19)28-26(29)18-20-6-8-21(9-7-20)30-22-10-12-23(13-11-22)31-24-14-16-27-17-15-24/h2-13,24H,14-18H2,1H3,(H,29,32)(H,33,34);2-13,24,27H,14-18H2,1H3,(H,28,29). The number of carboxylic acid groups (broad SMARTS) is 1. The van der Waals surface area contributed by atoms with E-state index in [1.165, 1.54) is 6.07 Å². The lowest BCUT2D eigenvalue weighted by Gasteiger charge is -2.31. The van der Waals surface area contributed by atoms with Gasteiger partial charge in [-0.25, -0.2) is 4.79 Å². The zero-order chi connectivity index (χ0) is 47.0. The molecule has 4 N–H and O–H groups in total. The molecule has 0 spiro atoms. The lowest BCUT2D eigenvalue weighted by Crippen LogP contribution is -2.40. The lowest BCUT2D eigenvalue weighted by atomic mass is 10.1. The number of nitrogens with one attached hydrogen (secondary N) is 3. The summed E-state index contributed by atoms with van der Waals surface area (Å²) >= 11 is 0. The second kappa shape index (κ2) is 23.5. The monoisotopic (exact) mass is 904 g/mol. The predicted molar refractivity (Wildman–Crippen MR) is 258 cm³/mol. The van der Waals surface area contributed by atoms with Gasteiger partial charge < -0.3 is 44.9 Å². The van der Waals surface area contributed by atoms with Gasteiger partial charge in [-0.1, -0.05) is 54.6 Å². The van der Waals surface area contributed by atoms with Crippen LogP contribution in [0.15, 0.2) is 146 Å². The average molecular weight is 905 g/mol. The van der Waals surface area contributed by atoms with Gasteiger partial charge in [-0.2, -0.15) is 0 Å². The Morgan fingerprint density at radius 3 is 1.42 bits per heavy atom. The van der Waals surface area contributed by atoms with Gasteiger partial charge in [0.25, 0.3) is 0 Å². The maximum absolute atomic E-state index is 12.4. The van der Waals surface area contributed by atoms with Crippen LogP contribution < -0.4 is 34.9 Å². The number of likely N-dealkylation sites (tertiary alicyclic amines) is 1. The molecule has 0 saturated carbocycles. The summed E-state index contributed by atoms with van der Waals surface area (Å²) in [4.78, 5) is 49.3. The zero-order valence-corrected chi connectivity index (χ0v) is 37.7. The Morgan fingerprint density at radius 1 is 0.552 bits per heavy atom. The van der Waals surface area contributed by atoms with Crippen molar-refractivity contribution in [3.63, 3.8) is 0 Å². The number of piperidine rings is 2. The Morgan fingerprint density at radius 2 is 0.955 bits per heavy atom. The van der Waals surface area contributed by atoms with Gasteiger partial charge in [0.2, 0.25) is 17.7 Å². The first-order valence-corrected chi connectivity index (χ1v) is 22.5. The van der Waals surface area contributed by atoms with Crippen LogP contribution in [0.1, 0.15) is 59.7 Å². The summed E-state index contributed by atoms with van der Waals surface area (Å²) in [6.07, 6.45) is 4.49. The number of amides is 3. The third-order valence-corrected chi connectivity index (χ3v) is 11.3. The van der Waals surface area contributed by atoms with Crippen molar-refractivity contribution in [2.45, 2.75) is 64.6 Å². The summed E-state index contributed by atoms with van der Waals surface area (Å²) in [6, 6.07) is 43.9. The molecule has 3 amide bonds. The van der Waals surface area contributed by atoms with Gasteiger partial charge in [0, 0.05) is 38.5 Å². The van der Waals surface area contributed by atoms with Crippen LogP contribution >= 0.6 is 0 Å². The maximum Gasteiger partial charge on any atom is 0.337 e. The van der Waals surface area contributed by atoms with Gasteiger partial charge in [0.05, 0.1) is 24.1 Å². The molecule has 0 aromatic heterocycles. The Hall–Kier alpha value is -7.64. The number of para-hydroxylation sites is 2. The molecule has 0 bridgehead atoms. The molecule has 6 aromatic rings. The quantitative estimate of drug-likeness (QED) is 0.0780. The SMILES string of the molecule is CC(=O)N1CCC(Oc2ccc(Oc3ccc(CC(=O)Nc4ccccc4C(=O)O)cc3)cc2)CC1.Cc1ccccc1NC(=O)Cc1ccc(Oc2ccc(OC3CCNCC3)cc2)cc1. The maximum atomic E-state index is 12.4. The van der Waals surface area contributed by atoms with Crippen molar-refractivity contribution in [2.24, 2.45) is 0 Å². The molecule has 2 fully saturated rings. The van der Waals surface area contributed by atoms with Crippen molar-refractivity contribution in [3.05, 3.63) is 168 Å². The Kier molecular flexibility index (Phi) is 16.6. The molecular weight excluding hydrogens is 849 g/mol. The summed E-state index contributed by atoms with van der Waals surface area (Å²) in [7, 11) is 0. The Bertz CT molecular complexity index is 2570. The fourth-order valence-corrected chi connectivity index (χ4v) is 7.63. The van der Waals surface area contributed by atoms with Gasteiger partial charge in [-0.05, 0) is 141 Å². The first-order chi connectivity index (χ1) is 32.5. The zero-order valence-electron chi connectivity index (χ0n) is 37.7. The van der Waals surface area contributed by atoms with Gasteiger partial charge in [0.15, 0.2) is 0 Å². The minimum atomic E-state index is -1.10. The van der Waals surface area contributed by atoms with E-state index < -0.39 is 5.97 Å². The van der Waals surface area contributed by atoms with Gasteiger partial charge in [-0.3, -0.25) is 14.4 Å². The average Bonchev–Trinajstić information content (AvgIpc) is 3.33. The number of nitrogens with zero attached hydrogens (tertiary/aromatic N) is 1. The van der Waals surface area contributed by atoms with Crippen LogP contribution in [0.5, 0.6) is 34.5 Å². The largest absolute Gasteiger partial charge is 0.490 e. The normalized spacial score (nSPS) is 13.9. The predicted octanol–water partition coefficient (Wildman–Crippen LogP) is 9.85. The molecule has 2 aliphatic rings. The number of anilines is 2. The smallest absolute Gasteiger partial charge is 0.337 e. The van der Waals surface area contributed by atoms with Crippen LogP contribution in [0.3, 0.4) is 0 Å². The molecule has 0 atom stereocenters. The number of carboxylic acids is 1. The number of benzene rings is 6. The molecule has 13 heteroatoms. The molecule has 6 aromatic carbocycles. The number of rotatable bonds is 15. The van der Waals surface area contributed by atoms with E-state index in [0.29, 0.717) is 31.0 Å². The molecule has 2 aliphatic heterocycles. The number of carbonyl (C=O) groups excluding carboxylic acids is 3. The minimum absolute atomic E-state index is 0.0349. The van der Waals surface area contributed by atoms with Crippen molar-refractivity contribution < 1.29 is 43.2 Å². The molecule has 13 nitrogen and oxygen atoms in total. The molecule has 8 rings (SSSR count). The lowest BCUT2D eigenvalue weighted by molar-refractivity contribution is -0.130. The molecule has 0 radical (unpaired) electrons. The number of carbonyl (C=O) groups is 4. The van der Waals surface area contributed by atoms with Crippen molar-refractivity contribution in [3.8, 4) is 34.5 Å². The van der Waals surface area contributed by atoms with Crippen molar-refractivity contribution in [1.82, 2.24) is 10.2 Å². The van der Waals surface area contributed by atoms with Crippen molar-refractivity contribution in [2.75, 3.05) is 36.8 Å². The summed E-state index contributed by atoms with van der Waals surface area (Å²) in [5.74, 6) is 3.06. The topological polar surface area (TPSA) is 165 Å². The first-order valence-electron chi connectivity index (χ1n) is 22.5. The molecule has 0 aliphatic carbocycles. The van der Waals surface area contributed by atoms with E-state index in [4.69, 9.17) is 18.9 Å². The van der Waals surface area contributed by atoms with Crippen LogP contribution in [0.2, 0.25) is 0 Å². The van der Waals surface area contributed by atoms with Crippen molar-refractivity contribution in [1.29, 1.82) is 0 Å². The highest BCUT2D eigenvalue weighted by Crippen LogP contribution is 2.28. The Balaban J connectivity index is 0.000000201.